The van der Waals surface area contributed by atoms with Gasteiger partial charge in [0.1, 0.15) is 0 Å². The zero-order valence-corrected chi connectivity index (χ0v) is 23.3. The predicted molar refractivity (Wildman–Crippen MR) is 176 cm³/mol. The molecule has 0 bridgehead atoms. The molecule has 0 saturated carbocycles. The lowest BCUT2D eigenvalue weighted by Gasteiger charge is -2.18. The van der Waals surface area contributed by atoms with Crippen LogP contribution in [0.4, 0.5) is 0 Å². The van der Waals surface area contributed by atoms with Crippen LogP contribution < -0.4 is 0 Å². The summed E-state index contributed by atoms with van der Waals surface area (Å²) in [7, 11) is 0. The van der Waals surface area contributed by atoms with Crippen LogP contribution in [0.2, 0.25) is 0 Å². The average Bonchev–Trinajstić information content (AvgIpc) is 3.44. The molecule has 6 aromatic carbocycles. The minimum Gasteiger partial charge on any atom is -0.134 e. The Morgan fingerprint density at radius 1 is 0.561 bits per heavy atom. The molecule has 0 fully saturated rings. The van der Waals surface area contributed by atoms with E-state index in [0.717, 1.165) is 18.4 Å². The molecule has 0 nitrogen and oxygen atoms in total. The molecule has 0 amide bonds. The van der Waals surface area contributed by atoms with Gasteiger partial charge < -0.3 is 0 Å². The highest BCUT2D eigenvalue weighted by Gasteiger charge is 2.26. The maximum absolute atomic E-state index is 3.47. The van der Waals surface area contributed by atoms with Crippen molar-refractivity contribution in [2.45, 2.75) is 12.8 Å². The Morgan fingerprint density at radius 2 is 1.22 bits per heavy atom. The van der Waals surface area contributed by atoms with Crippen molar-refractivity contribution in [1.82, 2.24) is 0 Å². The molecule has 192 valence electrons. The van der Waals surface area contributed by atoms with E-state index in [2.05, 4.69) is 140 Å². The maximum Gasteiger partial charge on any atom is 0.0430 e. The summed E-state index contributed by atoms with van der Waals surface area (Å²) in [5, 5.41) is 5.12. The van der Waals surface area contributed by atoms with Crippen molar-refractivity contribution in [2.75, 3.05) is 0 Å². The number of rotatable bonds is 4. The highest BCUT2D eigenvalue weighted by molar-refractivity contribution is 7.19. The van der Waals surface area contributed by atoms with Gasteiger partial charge in [0, 0.05) is 32.0 Å². The Morgan fingerprint density at radius 3 is 1.95 bits per heavy atom. The zero-order valence-electron chi connectivity index (χ0n) is 22.5. The maximum atomic E-state index is 3.47. The van der Waals surface area contributed by atoms with Crippen molar-refractivity contribution in [3.63, 3.8) is 0 Å². The van der Waals surface area contributed by atoms with Gasteiger partial charge in [-0.2, -0.15) is 0 Å². The van der Waals surface area contributed by atoms with Crippen LogP contribution in [0.3, 0.4) is 0 Å². The standard InChI is InChI=1S/C40H26S/c1-3-15-27(16-4-1)29-19-7-12-24-34(29)39-35-25-13-14-26-36(35)40(41-39)38-33-23-11-9-21-31(33)30-20-8-10-22-32(30)37(38)28-17-5-2-6-18-28/h1-5,7-13,15-17,19-25H,14,26H2. The van der Waals surface area contributed by atoms with Crippen LogP contribution in [-0.4, -0.2) is 0 Å². The van der Waals surface area contributed by atoms with Gasteiger partial charge in [0.15, 0.2) is 0 Å². The van der Waals surface area contributed by atoms with Gasteiger partial charge in [-0.25, -0.2) is 0 Å². The summed E-state index contributed by atoms with van der Waals surface area (Å²) in [5.74, 6) is 0. The van der Waals surface area contributed by atoms with Gasteiger partial charge in [0.2, 0.25) is 0 Å². The molecule has 0 aliphatic heterocycles. The summed E-state index contributed by atoms with van der Waals surface area (Å²) in [6.07, 6.45) is 6.80. The first-order valence-corrected chi connectivity index (χ1v) is 15.0. The minimum absolute atomic E-state index is 1.04. The van der Waals surface area contributed by atoms with Crippen LogP contribution in [0, 0.1) is 12.1 Å². The summed E-state index contributed by atoms with van der Waals surface area (Å²) >= 11 is 1.95. The van der Waals surface area contributed by atoms with Crippen LogP contribution in [-0.2, 0) is 6.42 Å². The van der Waals surface area contributed by atoms with Gasteiger partial charge in [-0.15, -0.1) is 11.3 Å². The summed E-state index contributed by atoms with van der Waals surface area (Å²) in [5.41, 5.74) is 10.3. The van der Waals surface area contributed by atoms with Crippen molar-refractivity contribution in [3.05, 3.63) is 151 Å². The number of hydrogen-bond acceptors (Lipinski definition) is 1. The normalized spacial score (nSPS) is 12.4. The van der Waals surface area contributed by atoms with Gasteiger partial charge >= 0.3 is 0 Å². The van der Waals surface area contributed by atoms with E-state index < -0.39 is 0 Å². The molecule has 1 aliphatic carbocycles. The Bertz CT molecular complexity index is 2080. The smallest absolute Gasteiger partial charge is 0.0430 e. The van der Waals surface area contributed by atoms with Crippen molar-refractivity contribution < 1.29 is 0 Å². The van der Waals surface area contributed by atoms with Crippen molar-refractivity contribution in [2.24, 2.45) is 0 Å². The van der Waals surface area contributed by atoms with Crippen LogP contribution >= 0.6 is 11.3 Å². The van der Waals surface area contributed by atoms with Crippen molar-refractivity contribution >= 4 is 39.0 Å². The van der Waals surface area contributed by atoms with Crippen LogP contribution in [0.1, 0.15) is 17.5 Å². The number of thiophene rings is 1. The fourth-order valence-corrected chi connectivity index (χ4v) is 7.88. The Balaban J connectivity index is 1.50. The molecule has 0 unspecified atom stereocenters. The van der Waals surface area contributed by atoms with Crippen LogP contribution in [0.5, 0.6) is 0 Å². The number of hydrogen-bond donors (Lipinski definition) is 0. The first-order chi connectivity index (χ1) is 20.4. The molecule has 1 heteroatoms. The molecule has 7 aromatic rings. The lowest BCUT2D eigenvalue weighted by molar-refractivity contribution is 0.997. The fourth-order valence-electron chi connectivity index (χ4n) is 6.44. The van der Waals surface area contributed by atoms with E-state index in [9.17, 15) is 0 Å². The molecule has 0 N–H and O–H groups in total. The largest absolute Gasteiger partial charge is 0.134 e. The van der Waals surface area contributed by atoms with Gasteiger partial charge in [0.25, 0.3) is 0 Å². The average molecular weight is 539 g/mol. The van der Waals surface area contributed by atoms with Crippen LogP contribution in [0.15, 0.2) is 127 Å². The first kappa shape index (κ1) is 23.9. The lowest BCUT2D eigenvalue weighted by atomic mass is 9.85. The van der Waals surface area contributed by atoms with Gasteiger partial charge in [-0.05, 0) is 68.8 Å². The molecule has 1 aromatic heterocycles. The van der Waals surface area contributed by atoms with E-state index in [1.54, 1.807) is 0 Å². The van der Waals surface area contributed by atoms with Crippen molar-refractivity contribution in [1.29, 1.82) is 0 Å². The lowest BCUT2D eigenvalue weighted by Crippen LogP contribution is -1.96. The van der Waals surface area contributed by atoms with Crippen molar-refractivity contribution in [3.8, 4) is 43.1 Å². The van der Waals surface area contributed by atoms with E-state index in [0.29, 0.717) is 0 Å². The second kappa shape index (κ2) is 9.93. The second-order valence-corrected chi connectivity index (χ2v) is 11.6. The van der Waals surface area contributed by atoms with Gasteiger partial charge in [-0.1, -0.05) is 133 Å². The summed E-state index contributed by atoms with van der Waals surface area (Å²) < 4.78 is 0. The summed E-state index contributed by atoms with van der Waals surface area (Å²) in [6.45, 7) is 0. The molecule has 0 atom stereocenters. The molecular weight excluding hydrogens is 513 g/mol. The Labute approximate surface area is 244 Å². The Kier molecular flexibility index (Phi) is 5.80. The third-order valence-electron chi connectivity index (χ3n) is 8.23. The van der Waals surface area contributed by atoms with E-state index in [1.165, 1.54) is 70.2 Å². The predicted octanol–water partition coefficient (Wildman–Crippen LogP) is 11.3. The molecule has 8 rings (SSSR count). The van der Waals surface area contributed by atoms with Gasteiger partial charge in [-0.3, -0.25) is 0 Å². The quantitative estimate of drug-likeness (QED) is 0.196. The van der Waals surface area contributed by atoms with Crippen LogP contribution in [0.25, 0.3) is 70.8 Å². The first-order valence-electron chi connectivity index (χ1n) is 14.2. The monoisotopic (exact) mass is 538 g/mol. The van der Waals surface area contributed by atoms with E-state index >= 15 is 0 Å². The number of benzene rings is 5. The SMILES string of the molecule is c1cccc(-c2c(-c3sc(-c4ccccc4-c4ccccc4)c4c3CCC=C4)c3ccccc3c3ccccc23)c#1. The highest BCUT2D eigenvalue weighted by atomic mass is 32.1. The van der Waals surface area contributed by atoms with Gasteiger partial charge in [0.05, 0.1) is 0 Å². The van der Waals surface area contributed by atoms with E-state index in [-0.39, 0.29) is 0 Å². The zero-order chi connectivity index (χ0) is 27.2. The number of fused-ring (bicyclic) bond motifs is 4. The third kappa shape index (κ3) is 3.92. The molecule has 41 heavy (non-hydrogen) atoms. The highest BCUT2D eigenvalue weighted by Crippen LogP contribution is 2.52. The molecule has 0 spiro atoms. The minimum atomic E-state index is 1.04. The molecule has 0 saturated heterocycles. The van der Waals surface area contributed by atoms with E-state index in [4.69, 9.17) is 0 Å². The topological polar surface area (TPSA) is 0 Å². The number of allylic oxidation sites excluding steroid dienone is 1. The summed E-state index contributed by atoms with van der Waals surface area (Å²) in [4.78, 5) is 2.72. The molecule has 1 aliphatic rings. The summed E-state index contributed by atoms with van der Waals surface area (Å²) in [6, 6.07) is 50.3. The molecule has 0 radical (unpaired) electrons. The fraction of sp³-hybridized carbons (Fsp3) is 0.0500. The Hall–Kier alpha value is -4.90. The molecule has 1 heterocycles. The third-order valence-corrected chi connectivity index (χ3v) is 9.53. The molecular formula is C40H26S. The second-order valence-electron chi connectivity index (χ2n) is 10.6. The van der Waals surface area contributed by atoms with E-state index in [1.807, 2.05) is 17.4 Å².